The van der Waals surface area contributed by atoms with Crippen molar-refractivity contribution in [3.63, 3.8) is 0 Å². The summed E-state index contributed by atoms with van der Waals surface area (Å²) >= 11 is 0. The molecule has 184 valence electrons. The van der Waals surface area contributed by atoms with Gasteiger partial charge in [-0.25, -0.2) is 0 Å². The average Bonchev–Trinajstić information content (AvgIpc) is 2.79. The normalized spacial score (nSPS) is 21.7. The minimum atomic E-state index is -0.0425. The molecule has 0 N–H and O–H groups in total. The molecule has 2 aromatic carbocycles. The lowest BCUT2D eigenvalue weighted by atomic mass is 9.69. The first-order valence-electron chi connectivity index (χ1n) is 13.7. The molecule has 0 saturated carbocycles. The van der Waals surface area contributed by atoms with E-state index >= 15 is 0 Å². The number of hydrogen-bond acceptors (Lipinski definition) is 2. The summed E-state index contributed by atoms with van der Waals surface area (Å²) in [5, 5.41) is 0. The Labute approximate surface area is 212 Å². The van der Waals surface area contributed by atoms with E-state index in [1.807, 2.05) is 0 Å². The molecule has 35 heavy (non-hydrogen) atoms. The van der Waals surface area contributed by atoms with Crippen LogP contribution in [0.1, 0.15) is 102 Å². The maximum absolute atomic E-state index is 2.68. The Morgan fingerprint density at radius 2 is 1.06 bits per heavy atom. The fourth-order valence-electron chi connectivity index (χ4n) is 7.92. The predicted octanol–water partition coefficient (Wildman–Crippen LogP) is 7.91. The smallest absolute Gasteiger partial charge is 0.0534 e. The first-order valence-corrected chi connectivity index (χ1v) is 13.7. The van der Waals surface area contributed by atoms with Gasteiger partial charge >= 0.3 is 0 Å². The molecule has 0 amide bonds. The first kappa shape index (κ1) is 23.0. The van der Waals surface area contributed by atoms with Crippen LogP contribution in [0.15, 0.2) is 36.4 Å². The topological polar surface area (TPSA) is 6.48 Å². The van der Waals surface area contributed by atoms with Crippen molar-refractivity contribution < 1.29 is 0 Å². The van der Waals surface area contributed by atoms with Crippen molar-refractivity contribution in [2.45, 2.75) is 97.6 Å². The van der Waals surface area contributed by atoms with Crippen LogP contribution < -0.4 is 9.80 Å². The summed E-state index contributed by atoms with van der Waals surface area (Å²) in [6.45, 7) is 21.4. The molecule has 6 rings (SSSR count). The predicted molar refractivity (Wildman–Crippen MR) is 152 cm³/mol. The largest absolute Gasteiger partial charge is 0.362 e. The Morgan fingerprint density at radius 1 is 0.657 bits per heavy atom. The monoisotopic (exact) mass is 466 g/mol. The molecule has 0 unspecified atom stereocenters. The molecule has 0 bridgehead atoms. The zero-order valence-corrected chi connectivity index (χ0v) is 23.1. The Kier molecular flexibility index (Phi) is 4.77. The summed E-state index contributed by atoms with van der Waals surface area (Å²) in [5.74, 6) is 0. The summed E-state index contributed by atoms with van der Waals surface area (Å²) in [6.07, 6.45) is 9.77. The molecule has 4 aliphatic heterocycles. The third-order valence-electron chi connectivity index (χ3n) is 9.45. The van der Waals surface area contributed by atoms with Gasteiger partial charge in [0, 0.05) is 41.0 Å². The fourth-order valence-corrected chi connectivity index (χ4v) is 7.92. The maximum atomic E-state index is 2.68. The Balaban J connectivity index is 1.56. The van der Waals surface area contributed by atoms with Crippen LogP contribution in [-0.2, 0) is 18.3 Å². The minimum Gasteiger partial charge on any atom is -0.362 e. The zero-order valence-electron chi connectivity index (χ0n) is 23.1. The van der Waals surface area contributed by atoms with E-state index in [9.17, 15) is 0 Å². The molecule has 0 atom stereocenters. The van der Waals surface area contributed by atoms with Gasteiger partial charge in [-0.05, 0) is 101 Å². The van der Waals surface area contributed by atoms with Gasteiger partial charge in [-0.2, -0.15) is 0 Å². The van der Waals surface area contributed by atoms with Crippen LogP contribution in [0.4, 0.5) is 11.4 Å². The van der Waals surface area contributed by atoms with Crippen LogP contribution in [0.25, 0.3) is 11.1 Å². The van der Waals surface area contributed by atoms with E-state index in [0.717, 1.165) is 13.1 Å². The highest BCUT2D eigenvalue weighted by Crippen LogP contribution is 2.51. The number of nitrogens with zero attached hydrogens (tertiary/aromatic N) is 2. The maximum Gasteiger partial charge on any atom is 0.0534 e. The Morgan fingerprint density at radius 3 is 1.46 bits per heavy atom. The standard InChI is InChI=1S/C33H42N2/c1-21-19-31(3,4)34-17-9-11-25-27(15-13-23(21)29(25)34)33(7,8)28-16-14-24-22(2)20-32(5,6)35-18-10-12-26(28)30(24)35/h13-16,19-20H,9-12,17-18H2,1-8H3. The van der Waals surface area contributed by atoms with Gasteiger partial charge in [0.2, 0.25) is 0 Å². The summed E-state index contributed by atoms with van der Waals surface area (Å²) in [6, 6.07) is 9.77. The van der Waals surface area contributed by atoms with Crippen LogP contribution in [0, 0.1) is 0 Å². The van der Waals surface area contributed by atoms with Crippen molar-refractivity contribution in [3.8, 4) is 0 Å². The van der Waals surface area contributed by atoms with Crippen molar-refractivity contribution in [1.82, 2.24) is 0 Å². The second-order valence-electron chi connectivity index (χ2n) is 13.1. The number of anilines is 2. The molecule has 2 heteroatoms. The van der Waals surface area contributed by atoms with Gasteiger partial charge in [-0.1, -0.05) is 50.3 Å². The zero-order chi connectivity index (χ0) is 24.9. The third-order valence-corrected chi connectivity index (χ3v) is 9.45. The Bertz CT molecular complexity index is 1200. The van der Waals surface area contributed by atoms with Gasteiger partial charge in [-0.15, -0.1) is 0 Å². The van der Waals surface area contributed by atoms with Gasteiger partial charge in [-0.3, -0.25) is 0 Å². The highest BCUT2D eigenvalue weighted by Gasteiger charge is 2.41. The van der Waals surface area contributed by atoms with Gasteiger partial charge in [0.25, 0.3) is 0 Å². The highest BCUT2D eigenvalue weighted by atomic mass is 15.2. The van der Waals surface area contributed by atoms with Crippen molar-refractivity contribution in [3.05, 3.63) is 69.8 Å². The Hall–Kier alpha value is -2.48. The van der Waals surface area contributed by atoms with Crippen LogP contribution in [-0.4, -0.2) is 24.2 Å². The van der Waals surface area contributed by atoms with Crippen LogP contribution >= 0.6 is 0 Å². The van der Waals surface area contributed by atoms with Crippen molar-refractivity contribution in [2.75, 3.05) is 22.9 Å². The van der Waals surface area contributed by atoms with E-state index in [0.29, 0.717) is 0 Å². The molecule has 0 saturated heterocycles. The van der Waals surface area contributed by atoms with Crippen molar-refractivity contribution >= 4 is 22.5 Å². The number of allylic oxidation sites excluding steroid dienone is 2. The summed E-state index contributed by atoms with van der Waals surface area (Å²) in [7, 11) is 0. The lowest BCUT2D eigenvalue weighted by Gasteiger charge is -2.49. The molecule has 0 fully saturated rings. The van der Waals surface area contributed by atoms with E-state index < -0.39 is 0 Å². The summed E-state index contributed by atoms with van der Waals surface area (Å²) in [5.41, 5.74) is 15.1. The van der Waals surface area contributed by atoms with E-state index in [4.69, 9.17) is 0 Å². The SMILES string of the molecule is CC1=CC(C)(C)N2CCCc3c(C(C)(C)c4ccc5c6c4CCCN6C(C)(C)C=C5C)ccc1c32. The van der Waals surface area contributed by atoms with E-state index in [2.05, 4.69) is 102 Å². The lowest BCUT2D eigenvalue weighted by Crippen LogP contribution is -2.48. The van der Waals surface area contributed by atoms with Crippen molar-refractivity contribution in [1.29, 1.82) is 0 Å². The van der Waals surface area contributed by atoms with Crippen LogP contribution in [0.5, 0.6) is 0 Å². The second kappa shape index (κ2) is 7.28. The molecular formula is C33H42N2. The number of rotatable bonds is 2. The molecule has 0 spiro atoms. The molecule has 0 aromatic heterocycles. The van der Waals surface area contributed by atoms with E-state index in [1.165, 1.54) is 70.5 Å². The molecule has 4 heterocycles. The van der Waals surface area contributed by atoms with E-state index in [-0.39, 0.29) is 16.5 Å². The van der Waals surface area contributed by atoms with Crippen LogP contribution in [0.2, 0.25) is 0 Å². The fraction of sp³-hybridized carbons (Fsp3) is 0.515. The molecule has 4 aliphatic rings. The molecule has 0 aliphatic carbocycles. The summed E-state index contributed by atoms with van der Waals surface area (Å²) in [4.78, 5) is 5.37. The minimum absolute atomic E-state index is 0.0425. The summed E-state index contributed by atoms with van der Waals surface area (Å²) < 4.78 is 0. The lowest BCUT2D eigenvalue weighted by molar-refractivity contribution is 0.513. The number of benzene rings is 2. The second-order valence-corrected chi connectivity index (χ2v) is 13.1. The third kappa shape index (κ3) is 3.14. The molecule has 2 nitrogen and oxygen atoms in total. The van der Waals surface area contributed by atoms with Gasteiger partial charge < -0.3 is 9.80 Å². The van der Waals surface area contributed by atoms with Crippen LogP contribution in [0.3, 0.4) is 0 Å². The van der Waals surface area contributed by atoms with Gasteiger partial charge in [0.15, 0.2) is 0 Å². The first-order chi connectivity index (χ1) is 16.4. The van der Waals surface area contributed by atoms with Gasteiger partial charge in [0.1, 0.15) is 0 Å². The number of hydrogen-bond donors (Lipinski definition) is 0. The molecule has 2 aromatic rings. The van der Waals surface area contributed by atoms with Gasteiger partial charge in [0.05, 0.1) is 11.1 Å². The molecule has 0 radical (unpaired) electrons. The van der Waals surface area contributed by atoms with Crippen molar-refractivity contribution in [2.24, 2.45) is 0 Å². The quantitative estimate of drug-likeness (QED) is 0.444. The molecular weight excluding hydrogens is 424 g/mol. The average molecular weight is 467 g/mol. The van der Waals surface area contributed by atoms with E-state index in [1.54, 1.807) is 11.1 Å². The highest BCUT2D eigenvalue weighted by molar-refractivity contribution is 5.87.